The van der Waals surface area contributed by atoms with E-state index in [4.69, 9.17) is 10.8 Å². The van der Waals surface area contributed by atoms with Crippen molar-refractivity contribution in [3.8, 4) is 0 Å². The van der Waals surface area contributed by atoms with E-state index < -0.39 is 0 Å². The average Bonchev–Trinajstić information content (AvgIpc) is 2.96. The number of aryl methyl sites for hydroxylation is 2. The molecule has 3 aromatic rings. The number of rotatable bonds is 4. The van der Waals surface area contributed by atoms with Gasteiger partial charge in [0.1, 0.15) is 0 Å². The monoisotopic (exact) mass is 452 g/mol. The first-order valence-corrected chi connectivity index (χ1v) is 12.2. The fourth-order valence-electron chi connectivity index (χ4n) is 5.09. The van der Waals surface area contributed by atoms with E-state index in [0.717, 1.165) is 52.2 Å². The van der Waals surface area contributed by atoms with Crippen LogP contribution in [0.15, 0.2) is 71.8 Å². The molecule has 5 heteroatoms. The third-order valence-electron chi connectivity index (χ3n) is 7.04. The molecule has 1 aliphatic heterocycles. The third-order valence-corrected chi connectivity index (χ3v) is 7.04. The van der Waals surface area contributed by atoms with E-state index in [0.29, 0.717) is 18.2 Å². The summed E-state index contributed by atoms with van der Waals surface area (Å²) >= 11 is 0. The Morgan fingerprint density at radius 1 is 0.941 bits per heavy atom. The highest BCUT2D eigenvalue weighted by molar-refractivity contribution is 6.14. The molecule has 0 unspecified atom stereocenters. The summed E-state index contributed by atoms with van der Waals surface area (Å²) in [5.74, 6) is 0.355. The van der Waals surface area contributed by atoms with Crippen molar-refractivity contribution < 1.29 is 4.79 Å². The van der Waals surface area contributed by atoms with Gasteiger partial charge in [-0.2, -0.15) is 5.10 Å². The van der Waals surface area contributed by atoms with Gasteiger partial charge in [0.2, 0.25) is 0 Å². The first-order valence-electron chi connectivity index (χ1n) is 12.2. The number of hydrogen-bond acceptors (Lipinski definition) is 3. The standard InChI is InChI=1S/C29H32N4O/c1-20-12-17-26-27(18-20)33(25-15-13-24(30)14-16-25)29(34)32(19-23-11-7-6-8-21(23)2)31-28(26)22-9-4-3-5-10-22/h6-8,11-18,22H,3-5,9-10,19,30H2,1-2H3. The van der Waals surface area contributed by atoms with E-state index in [9.17, 15) is 4.79 Å². The Labute approximate surface area is 201 Å². The summed E-state index contributed by atoms with van der Waals surface area (Å²) in [6.07, 6.45) is 5.91. The van der Waals surface area contributed by atoms with Gasteiger partial charge in [0.15, 0.2) is 0 Å². The number of nitrogen functional groups attached to an aromatic ring is 1. The van der Waals surface area contributed by atoms with Crippen molar-refractivity contribution >= 4 is 28.8 Å². The summed E-state index contributed by atoms with van der Waals surface area (Å²) in [6, 6.07) is 22.0. The first kappa shape index (κ1) is 22.2. The minimum absolute atomic E-state index is 0.148. The molecule has 5 nitrogen and oxygen atoms in total. The summed E-state index contributed by atoms with van der Waals surface area (Å²) in [6.45, 7) is 4.58. The van der Waals surface area contributed by atoms with Crippen LogP contribution in [-0.4, -0.2) is 16.8 Å². The van der Waals surface area contributed by atoms with Gasteiger partial charge in [-0.1, -0.05) is 55.7 Å². The lowest BCUT2D eigenvalue weighted by molar-refractivity contribution is 0.207. The van der Waals surface area contributed by atoms with Gasteiger partial charge in [-0.25, -0.2) is 9.80 Å². The van der Waals surface area contributed by atoms with Crippen molar-refractivity contribution in [3.63, 3.8) is 0 Å². The van der Waals surface area contributed by atoms with Crippen molar-refractivity contribution in [2.45, 2.75) is 52.5 Å². The smallest absolute Gasteiger partial charge is 0.349 e. The number of hydrazone groups is 1. The number of hydrogen-bond donors (Lipinski definition) is 1. The van der Waals surface area contributed by atoms with Gasteiger partial charge in [0.05, 0.1) is 23.6 Å². The first-order chi connectivity index (χ1) is 16.5. The lowest BCUT2D eigenvalue weighted by Crippen LogP contribution is -2.37. The van der Waals surface area contributed by atoms with E-state index in [1.54, 1.807) is 9.91 Å². The molecule has 2 aliphatic rings. The summed E-state index contributed by atoms with van der Waals surface area (Å²) in [7, 11) is 0. The van der Waals surface area contributed by atoms with Crippen LogP contribution in [0, 0.1) is 19.8 Å². The van der Waals surface area contributed by atoms with Gasteiger partial charge >= 0.3 is 6.03 Å². The molecule has 174 valence electrons. The molecule has 1 fully saturated rings. The quantitative estimate of drug-likeness (QED) is 0.436. The van der Waals surface area contributed by atoms with Crippen LogP contribution in [-0.2, 0) is 6.54 Å². The Morgan fingerprint density at radius 2 is 1.68 bits per heavy atom. The summed E-state index contributed by atoms with van der Waals surface area (Å²) in [5.41, 5.74) is 13.8. The minimum atomic E-state index is -0.148. The normalized spacial score (nSPS) is 16.8. The number of benzene rings is 3. The van der Waals surface area contributed by atoms with E-state index in [2.05, 4.69) is 44.2 Å². The summed E-state index contributed by atoms with van der Waals surface area (Å²) in [4.78, 5) is 16.0. The molecule has 0 aromatic heterocycles. The molecule has 0 radical (unpaired) electrons. The van der Waals surface area contributed by atoms with Crippen LogP contribution in [0.25, 0.3) is 0 Å². The zero-order valence-electron chi connectivity index (χ0n) is 20.0. The maximum absolute atomic E-state index is 14.2. The number of anilines is 3. The molecule has 0 saturated heterocycles. The van der Waals surface area contributed by atoms with Gasteiger partial charge < -0.3 is 5.73 Å². The van der Waals surface area contributed by atoms with E-state index in [1.807, 2.05) is 36.4 Å². The number of nitrogens with two attached hydrogens (primary N) is 1. The zero-order chi connectivity index (χ0) is 23.7. The van der Waals surface area contributed by atoms with Crippen LogP contribution in [0.5, 0.6) is 0 Å². The van der Waals surface area contributed by atoms with E-state index in [1.165, 1.54) is 19.3 Å². The molecule has 5 rings (SSSR count). The molecular weight excluding hydrogens is 420 g/mol. The number of carbonyl (C=O) groups excluding carboxylic acids is 1. The number of fused-ring (bicyclic) bond motifs is 1. The highest BCUT2D eigenvalue weighted by Gasteiger charge is 2.34. The summed E-state index contributed by atoms with van der Waals surface area (Å²) < 4.78 is 0. The van der Waals surface area contributed by atoms with Gasteiger partial charge in [-0.3, -0.25) is 4.90 Å². The molecule has 1 saturated carbocycles. The topological polar surface area (TPSA) is 61.9 Å². The molecule has 0 bridgehead atoms. The van der Waals surface area contributed by atoms with Crippen molar-refractivity contribution in [3.05, 3.63) is 89.0 Å². The van der Waals surface area contributed by atoms with Crippen LogP contribution in [0.2, 0.25) is 0 Å². The molecule has 34 heavy (non-hydrogen) atoms. The van der Waals surface area contributed by atoms with Gasteiger partial charge in [-0.15, -0.1) is 0 Å². The fourth-order valence-corrected chi connectivity index (χ4v) is 5.09. The molecule has 0 atom stereocenters. The number of carbonyl (C=O) groups is 1. The van der Waals surface area contributed by atoms with Crippen LogP contribution < -0.4 is 10.6 Å². The van der Waals surface area contributed by atoms with Crippen LogP contribution >= 0.6 is 0 Å². The Hall–Kier alpha value is -3.60. The second-order valence-corrected chi connectivity index (χ2v) is 9.53. The largest absolute Gasteiger partial charge is 0.399 e. The molecule has 0 spiro atoms. The predicted molar refractivity (Wildman–Crippen MR) is 139 cm³/mol. The Bertz CT molecular complexity index is 1230. The molecule has 2 amide bonds. The maximum Gasteiger partial charge on any atom is 0.349 e. The Morgan fingerprint density at radius 3 is 2.41 bits per heavy atom. The molecule has 3 aromatic carbocycles. The van der Waals surface area contributed by atoms with Crippen LogP contribution in [0.3, 0.4) is 0 Å². The zero-order valence-corrected chi connectivity index (χ0v) is 20.0. The summed E-state index contributed by atoms with van der Waals surface area (Å²) in [5, 5.41) is 6.78. The molecule has 2 N–H and O–H groups in total. The van der Waals surface area contributed by atoms with Crippen LogP contribution in [0.4, 0.5) is 21.9 Å². The third kappa shape index (κ3) is 4.30. The van der Waals surface area contributed by atoms with E-state index in [-0.39, 0.29) is 6.03 Å². The fraction of sp³-hybridized carbons (Fsp3) is 0.310. The second kappa shape index (κ2) is 9.34. The molecule has 1 heterocycles. The highest BCUT2D eigenvalue weighted by atomic mass is 16.2. The Kier molecular flexibility index (Phi) is 6.10. The van der Waals surface area contributed by atoms with Crippen molar-refractivity contribution in [1.82, 2.24) is 5.01 Å². The van der Waals surface area contributed by atoms with Crippen molar-refractivity contribution in [2.24, 2.45) is 11.0 Å². The van der Waals surface area contributed by atoms with Crippen LogP contribution in [0.1, 0.15) is 54.4 Å². The van der Waals surface area contributed by atoms with Gasteiger partial charge in [0.25, 0.3) is 0 Å². The maximum atomic E-state index is 14.2. The highest BCUT2D eigenvalue weighted by Crippen LogP contribution is 2.38. The van der Waals surface area contributed by atoms with Gasteiger partial charge in [-0.05, 0) is 73.7 Å². The Balaban J connectivity index is 1.68. The molecule has 1 aliphatic carbocycles. The minimum Gasteiger partial charge on any atom is -0.399 e. The van der Waals surface area contributed by atoms with Crippen molar-refractivity contribution in [1.29, 1.82) is 0 Å². The van der Waals surface area contributed by atoms with Crippen molar-refractivity contribution in [2.75, 3.05) is 10.6 Å². The average molecular weight is 453 g/mol. The number of nitrogens with zero attached hydrogens (tertiary/aromatic N) is 3. The second-order valence-electron chi connectivity index (χ2n) is 9.53. The lowest BCUT2D eigenvalue weighted by Gasteiger charge is -2.27. The lowest BCUT2D eigenvalue weighted by atomic mass is 9.82. The SMILES string of the molecule is Cc1ccc2c(c1)N(c1ccc(N)cc1)C(=O)N(Cc1ccccc1C)N=C2C1CCCCC1. The predicted octanol–water partition coefficient (Wildman–Crippen LogP) is 6.94. The molecular formula is C29H32N4O. The number of urea groups is 1. The van der Waals surface area contributed by atoms with E-state index >= 15 is 0 Å². The number of amides is 2. The van der Waals surface area contributed by atoms with Gasteiger partial charge in [0, 0.05) is 17.2 Å².